The van der Waals surface area contributed by atoms with Crippen molar-refractivity contribution in [3.05, 3.63) is 29.8 Å². The van der Waals surface area contributed by atoms with Gasteiger partial charge in [-0.05, 0) is 49.1 Å². The summed E-state index contributed by atoms with van der Waals surface area (Å²) < 4.78 is 0. The Hall–Kier alpha value is -2.04. The second-order valence-corrected chi connectivity index (χ2v) is 7.42. The van der Waals surface area contributed by atoms with Gasteiger partial charge in [0.2, 0.25) is 5.91 Å². The largest absolute Gasteiger partial charge is 0.329 e. The smallest absolute Gasteiger partial charge is 0.317 e. The number of anilines is 1. The molecule has 2 fully saturated rings. The summed E-state index contributed by atoms with van der Waals surface area (Å²) in [5, 5.41) is 2.82. The Bertz CT molecular complexity index is 644. The zero-order valence-corrected chi connectivity index (χ0v) is 14.1. The first-order valence-electron chi connectivity index (χ1n) is 9.08. The predicted octanol–water partition coefficient (Wildman–Crippen LogP) is 2.55. The number of urea groups is 1. The molecule has 2 heterocycles. The van der Waals surface area contributed by atoms with E-state index in [2.05, 4.69) is 11.4 Å². The SMILES string of the molecule is O=C(NCC(=O)N1CCc2ccccc21)N1CCC2(CCC2)CC1. The number of nitrogens with zero attached hydrogens (tertiary/aromatic N) is 2. The second-order valence-electron chi connectivity index (χ2n) is 7.42. The molecule has 0 bridgehead atoms. The first-order valence-corrected chi connectivity index (χ1v) is 9.08. The van der Waals surface area contributed by atoms with Crippen LogP contribution in [0.25, 0.3) is 0 Å². The fourth-order valence-electron chi connectivity index (χ4n) is 4.32. The molecule has 4 rings (SSSR count). The number of amides is 3. The van der Waals surface area contributed by atoms with Gasteiger partial charge in [-0.25, -0.2) is 4.79 Å². The van der Waals surface area contributed by atoms with Crippen LogP contribution >= 0.6 is 0 Å². The summed E-state index contributed by atoms with van der Waals surface area (Å²) in [6.07, 6.45) is 7.13. The zero-order valence-electron chi connectivity index (χ0n) is 14.1. The maximum Gasteiger partial charge on any atom is 0.317 e. The normalized spacial score (nSPS) is 21.3. The van der Waals surface area contributed by atoms with Crippen LogP contribution < -0.4 is 10.2 Å². The molecule has 0 atom stereocenters. The lowest BCUT2D eigenvalue weighted by Gasteiger charge is -2.47. The van der Waals surface area contributed by atoms with Crippen molar-refractivity contribution >= 4 is 17.6 Å². The van der Waals surface area contributed by atoms with Crippen molar-refractivity contribution < 1.29 is 9.59 Å². The van der Waals surface area contributed by atoms with Crippen molar-refractivity contribution in [3.8, 4) is 0 Å². The summed E-state index contributed by atoms with van der Waals surface area (Å²) in [6.45, 7) is 2.44. The van der Waals surface area contributed by atoms with Crippen LogP contribution in [0, 0.1) is 5.41 Å². The van der Waals surface area contributed by atoms with Crippen LogP contribution in [0.3, 0.4) is 0 Å². The molecule has 1 aliphatic carbocycles. The molecule has 1 spiro atoms. The first-order chi connectivity index (χ1) is 11.7. The van der Waals surface area contributed by atoms with Gasteiger partial charge in [0.25, 0.3) is 0 Å². The van der Waals surface area contributed by atoms with Gasteiger partial charge in [-0.1, -0.05) is 24.6 Å². The first kappa shape index (κ1) is 15.5. The van der Waals surface area contributed by atoms with Gasteiger partial charge in [0.15, 0.2) is 0 Å². The maximum absolute atomic E-state index is 12.4. The number of carbonyl (C=O) groups is 2. The fourth-order valence-corrected chi connectivity index (χ4v) is 4.32. The van der Waals surface area contributed by atoms with E-state index in [0.29, 0.717) is 12.0 Å². The summed E-state index contributed by atoms with van der Waals surface area (Å²) in [6, 6.07) is 7.90. The van der Waals surface area contributed by atoms with Gasteiger partial charge < -0.3 is 15.1 Å². The number of benzene rings is 1. The van der Waals surface area contributed by atoms with Crippen LogP contribution in [0.5, 0.6) is 0 Å². The van der Waals surface area contributed by atoms with E-state index in [1.54, 1.807) is 4.90 Å². The minimum absolute atomic E-state index is 0.0271. The standard InChI is InChI=1S/C19H25N3O2/c23-17(22-11-6-15-4-1-2-5-16(15)22)14-20-18(24)21-12-9-19(10-13-21)7-3-8-19/h1-2,4-5H,3,6-14H2,(H,20,24). The van der Waals surface area contributed by atoms with Crippen molar-refractivity contribution in [1.29, 1.82) is 0 Å². The minimum Gasteiger partial charge on any atom is -0.329 e. The van der Waals surface area contributed by atoms with Gasteiger partial charge in [0, 0.05) is 25.3 Å². The molecule has 128 valence electrons. The highest BCUT2D eigenvalue weighted by atomic mass is 16.2. The summed E-state index contributed by atoms with van der Waals surface area (Å²) >= 11 is 0. The molecule has 1 N–H and O–H groups in total. The van der Waals surface area contributed by atoms with Gasteiger partial charge in [0.1, 0.15) is 0 Å². The molecule has 1 saturated carbocycles. The molecule has 3 aliphatic rings. The topological polar surface area (TPSA) is 52.7 Å². The van der Waals surface area contributed by atoms with Crippen molar-refractivity contribution in [2.45, 2.75) is 38.5 Å². The Balaban J connectivity index is 1.28. The van der Waals surface area contributed by atoms with E-state index in [-0.39, 0.29) is 18.5 Å². The Morgan fingerprint density at radius 1 is 1.04 bits per heavy atom. The van der Waals surface area contributed by atoms with E-state index < -0.39 is 0 Å². The third-order valence-electron chi connectivity index (χ3n) is 6.10. The number of hydrogen-bond acceptors (Lipinski definition) is 2. The number of hydrogen-bond donors (Lipinski definition) is 1. The molecule has 1 aromatic rings. The number of carbonyl (C=O) groups excluding carboxylic acids is 2. The third-order valence-corrected chi connectivity index (χ3v) is 6.10. The van der Waals surface area contributed by atoms with E-state index in [0.717, 1.165) is 38.0 Å². The molecule has 3 amide bonds. The molecular formula is C19H25N3O2. The number of likely N-dealkylation sites (tertiary alicyclic amines) is 1. The lowest BCUT2D eigenvalue weighted by molar-refractivity contribution is -0.117. The number of piperidine rings is 1. The zero-order chi connectivity index (χ0) is 16.6. The van der Waals surface area contributed by atoms with E-state index in [4.69, 9.17) is 0 Å². The molecule has 1 saturated heterocycles. The van der Waals surface area contributed by atoms with Crippen molar-refractivity contribution in [1.82, 2.24) is 10.2 Å². The Morgan fingerprint density at radius 2 is 1.79 bits per heavy atom. The van der Waals surface area contributed by atoms with E-state index in [9.17, 15) is 9.59 Å². The van der Waals surface area contributed by atoms with Crippen LogP contribution in [-0.4, -0.2) is 43.0 Å². The molecular weight excluding hydrogens is 302 g/mol. The van der Waals surface area contributed by atoms with Crippen molar-refractivity contribution in [3.63, 3.8) is 0 Å². The van der Waals surface area contributed by atoms with Gasteiger partial charge in [0.05, 0.1) is 6.54 Å². The molecule has 5 heteroatoms. The van der Waals surface area contributed by atoms with E-state index in [1.807, 2.05) is 23.1 Å². The van der Waals surface area contributed by atoms with Gasteiger partial charge in [-0.3, -0.25) is 4.79 Å². The van der Waals surface area contributed by atoms with Crippen molar-refractivity contribution in [2.24, 2.45) is 5.41 Å². The number of fused-ring (bicyclic) bond motifs is 1. The fraction of sp³-hybridized carbons (Fsp3) is 0.579. The predicted molar refractivity (Wildman–Crippen MR) is 93.0 cm³/mol. The van der Waals surface area contributed by atoms with Crippen LogP contribution in [-0.2, 0) is 11.2 Å². The molecule has 0 radical (unpaired) electrons. The van der Waals surface area contributed by atoms with Crippen LogP contribution in [0.1, 0.15) is 37.7 Å². The highest BCUT2D eigenvalue weighted by molar-refractivity contribution is 5.98. The van der Waals surface area contributed by atoms with Crippen LogP contribution in [0.15, 0.2) is 24.3 Å². The lowest BCUT2D eigenvalue weighted by Crippen LogP contribution is -2.50. The molecule has 24 heavy (non-hydrogen) atoms. The number of nitrogens with one attached hydrogen (secondary N) is 1. The highest BCUT2D eigenvalue weighted by Crippen LogP contribution is 2.48. The summed E-state index contributed by atoms with van der Waals surface area (Å²) in [7, 11) is 0. The molecule has 0 unspecified atom stereocenters. The molecule has 0 aromatic heterocycles. The summed E-state index contributed by atoms with van der Waals surface area (Å²) in [5.74, 6) is -0.0271. The lowest BCUT2D eigenvalue weighted by atomic mass is 9.63. The van der Waals surface area contributed by atoms with Crippen molar-refractivity contribution in [2.75, 3.05) is 31.1 Å². The third kappa shape index (κ3) is 2.76. The monoisotopic (exact) mass is 327 g/mol. The average Bonchev–Trinajstić information content (AvgIpc) is 3.02. The van der Waals surface area contributed by atoms with E-state index in [1.165, 1.54) is 24.8 Å². The summed E-state index contributed by atoms with van der Waals surface area (Å²) in [5.41, 5.74) is 2.73. The van der Waals surface area contributed by atoms with Gasteiger partial charge in [-0.2, -0.15) is 0 Å². The Kier molecular flexibility index (Phi) is 3.94. The number of rotatable bonds is 2. The highest BCUT2D eigenvalue weighted by Gasteiger charge is 2.40. The second kappa shape index (κ2) is 6.11. The van der Waals surface area contributed by atoms with Crippen LogP contribution in [0.4, 0.5) is 10.5 Å². The Labute approximate surface area is 143 Å². The van der Waals surface area contributed by atoms with Crippen LogP contribution in [0.2, 0.25) is 0 Å². The minimum atomic E-state index is -0.0926. The summed E-state index contributed by atoms with van der Waals surface area (Å²) in [4.78, 5) is 28.4. The number of para-hydroxylation sites is 1. The molecule has 2 aliphatic heterocycles. The quantitative estimate of drug-likeness (QED) is 0.907. The molecule has 1 aromatic carbocycles. The maximum atomic E-state index is 12.4. The van der Waals surface area contributed by atoms with Gasteiger partial charge >= 0.3 is 6.03 Å². The van der Waals surface area contributed by atoms with E-state index >= 15 is 0 Å². The van der Waals surface area contributed by atoms with Gasteiger partial charge in [-0.15, -0.1) is 0 Å². The Morgan fingerprint density at radius 3 is 2.50 bits per heavy atom. The average molecular weight is 327 g/mol. The molecule has 5 nitrogen and oxygen atoms in total.